The van der Waals surface area contributed by atoms with Crippen molar-refractivity contribution in [2.45, 2.75) is 52.4 Å². The summed E-state index contributed by atoms with van der Waals surface area (Å²) in [5, 5.41) is 0. The number of nitrogens with two attached hydrogens (primary N) is 1. The van der Waals surface area contributed by atoms with Gasteiger partial charge >= 0.3 is 0 Å². The Hall–Kier alpha value is -0.0400. The van der Waals surface area contributed by atoms with Gasteiger partial charge in [-0.3, -0.25) is 0 Å². The maximum Gasteiger partial charge on any atom is -0.00459 e. The lowest BCUT2D eigenvalue weighted by atomic mass is 9.75. The van der Waals surface area contributed by atoms with E-state index in [1.54, 1.807) is 12.8 Å². The van der Waals surface area contributed by atoms with Crippen LogP contribution in [0.15, 0.2) is 0 Å². The Morgan fingerprint density at radius 1 is 1.00 bits per heavy atom. The first-order valence-corrected chi connectivity index (χ1v) is 7.90. The highest BCUT2D eigenvalue weighted by Crippen LogP contribution is 2.63. The Morgan fingerprint density at radius 3 is 2.24 bits per heavy atom. The van der Waals surface area contributed by atoms with Gasteiger partial charge in [0.2, 0.25) is 0 Å². The first kappa shape index (κ1) is 12.0. The van der Waals surface area contributed by atoms with Gasteiger partial charge in [0, 0.05) is 0 Å². The van der Waals surface area contributed by atoms with Crippen LogP contribution in [0.4, 0.5) is 0 Å². The third-order valence-corrected chi connectivity index (χ3v) is 6.16. The van der Waals surface area contributed by atoms with Crippen LogP contribution >= 0.6 is 0 Å². The topological polar surface area (TPSA) is 26.0 Å². The summed E-state index contributed by atoms with van der Waals surface area (Å²) in [6, 6.07) is 0. The van der Waals surface area contributed by atoms with Gasteiger partial charge < -0.3 is 5.73 Å². The molecule has 3 aliphatic rings. The van der Waals surface area contributed by atoms with Crippen molar-refractivity contribution in [3.05, 3.63) is 0 Å². The molecule has 0 aromatic carbocycles. The quantitative estimate of drug-likeness (QED) is 0.790. The molecule has 0 aliphatic heterocycles. The zero-order chi connectivity index (χ0) is 12.0. The molecule has 0 aromatic rings. The molecular formula is C16H29N. The van der Waals surface area contributed by atoms with Crippen molar-refractivity contribution in [3.8, 4) is 0 Å². The van der Waals surface area contributed by atoms with E-state index < -0.39 is 0 Å². The maximum absolute atomic E-state index is 6.04. The molecule has 0 aromatic heterocycles. The molecule has 1 nitrogen and oxygen atoms in total. The molecule has 3 fully saturated rings. The highest BCUT2D eigenvalue weighted by atomic mass is 14.7. The minimum absolute atomic E-state index is 0.879. The average Bonchev–Trinajstić information content (AvgIpc) is 2.97. The van der Waals surface area contributed by atoms with Crippen LogP contribution < -0.4 is 5.73 Å². The fourth-order valence-electron chi connectivity index (χ4n) is 5.59. The Balaban J connectivity index is 1.70. The average molecular weight is 235 g/mol. The van der Waals surface area contributed by atoms with Gasteiger partial charge in [-0.05, 0) is 80.1 Å². The van der Waals surface area contributed by atoms with Crippen LogP contribution in [-0.2, 0) is 0 Å². The van der Waals surface area contributed by atoms with Gasteiger partial charge in [-0.1, -0.05) is 20.3 Å². The van der Waals surface area contributed by atoms with Crippen LogP contribution in [0.3, 0.4) is 0 Å². The Bertz CT molecular complexity index is 273. The van der Waals surface area contributed by atoms with Gasteiger partial charge in [0.25, 0.3) is 0 Å². The highest BCUT2D eigenvalue weighted by Gasteiger charge is 2.56. The van der Waals surface area contributed by atoms with Crippen molar-refractivity contribution in [2.24, 2.45) is 47.2 Å². The molecule has 0 saturated heterocycles. The smallest absolute Gasteiger partial charge is 0.00459 e. The van der Waals surface area contributed by atoms with Gasteiger partial charge in [-0.25, -0.2) is 0 Å². The van der Waals surface area contributed by atoms with E-state index in [9.17, 15) is 0 Å². The maximum atomic E-state index is 6.04. The van der Waals surface area contributed by atoms with Gasteiger partial charge in [-0.15, -0.1) is 0 Å². The first-order valence-electron chi connectivity index (χ1n) is 7.90. The van der Waals surface area contributed by atoms with E-state index in [0.717, 1.165) is 48.0 Å². The van der Waals surface area contributed by atoms with E-state index in [1.807, 2.05) is 0 Å². The molecule has 0 spiro atoms. The van der Waals surface area contributed by atoms with E-state index in [2.05, 4.69) is 13.8 Å². The molecule has 3 saturated carbocycles. The second-order valence-corrected chi connectivity index (χ2v) is 7.45. The molecule has 3 aliphatic carbocycles. The zero-order valence-electron chi connectivity index (χ0n) is 11.6. The van der Waals surface area contributed by atoms with Crippen LogP contribution in [0, 0.1) is 41.4 Å². The number of fused-ring (bicyclic) bond motifs is 5. The molecular weight excluding hydrogens is 206 g/mol. The molecule has 2 bridgehead atoms. The molecule has 0 amide bonds. The Morgan fingerprint density at radius 2 is 1.65 bits per heavy atom. The van der Waals surface area contributed by atoms with Crippen molar-refractivity contribution in [2.75, 3.05) is 6.54 Å². The lowest BCUT2D eigenvalue weighted by Gasteiger charge is -2.30. The molecule has 0 heterocycles. The number of rotatable bonds is 4. The number of hydrogen-bond acceptors (Lipinski definition) is 1. The van der Waals surface area contributed by atoms with E-state index >= 15 is 0 Å². The van der Waals surface area contributed by atoms with E-state index in [0.29, 0.717) is 0 Å². The normalized spacial score (nSPS) is 48.0. The summed E-state index contributed by atoms with van der Waals surface area (Å²) in [5.41, 5.74) is 6.04. The summed E-state index contributed by atoms with van der Waals surface area (Å²) >= 11 is 0. The minimum Gasteiger partial charge on any atom is -0.330 e. The second-order valence-electron chi connectivity index (χ2n) is 7.45. The molecule has 17 heavy (non-hydrogen) atoms. The van der Waals surface area contributed by atoms with Crippen LogP contribution in [0.25, 0.3) is 0 Å². The summed E-state index contributed by atoms with van der Waals surface area (Å²) in [7, 11) is 0. The molecule has 3 rings (SSSR count). The van der Waals surface area contributed by atoms with Crippen molar-refractivity contribution >= 4 is 0 Å². The second kappa shape index (κ2) is 4.57. The summed E-state index contributed by atoms with van der Waals surface area (Å²) in [6.07, 6.45) is 9.01. The third-order valence-electron chi connectivity index (χ3n) is 6.16. The van der Waals surface area contributed by atoms with Gasteiger partial charge in [0.15, 0.2) is 0 Å². The van der Waals surface area contributed by atoms with Crippen molar-refractivity contribution in [1.29, 1.82) is 0 Å². The highest BCUT2D eigenvalue weighted by molar-refractivity contribution is 5.05. The summed E-state index contributed by atoms with van der Waals surface area (Å²) in [5.74, 6) is 7.08. The van der Waals surface area contributed by atoms with Crippen molar-refractivity contribution in [1.82, 2.24) is 0 Å². The lowest BCUT2D eigenvalue weighted by molar-refractivity contribution is 0.182. The van der Waals surface area contributed by atoms with Crippen LogP contribution in [0.1, 0.15) is 52.4 Å². The van der Waals surface area contributed by atoms with E-state index in [1.165, 1.54) is 25.7 Å². The van der Waals surface area contributed by atoms with Crippen molar-refractivity contribution < 1.29 is 0 Å². The summed E-state index contributed by atoms with van der Waals surface area (Å²) in [6.45, 7) is 5.70. The first-order chi connectivity index (χ1) is 8.20. The fraction of sp³-hybridized carbons (Fsp3) is 1.00. The lowest BCUT2D eigenvalue weighted by Crippen LogP contribution is -2.27. The monoisotopic (exact) mass is 235 g/mol. The summed E-state index contributed by atoms with van der Waals surface area (Å²) in [4.78, 5) is 0. The predicted molar refractivity (Wildman–Crippen MR) is 72.5 cm³/mol. The SMILES string of the molecule is CC(C)CCC1CC(CN)C2C3CCC(C3)C12. The standard InChI is InChI=1S/C16H29N/c1-10(2)3-4-11-8-14(9-17)16-13-6-5-12(7-13)15(11)16/h10-16H,3-9,17H2,1-2H3. The van der Waals surface area contributed by atoms with E-state index in [-0.39, 0.29) is 0 Å². The van der Waals surface area contributed by atoms with Gasteiger partial charge in [0.1, 0.15) is 0 Å². The van der Waals surface area contributed by atoms with Crippen LogP contribution in [-0.4, -0.2) is 6.54 Å². The van der Waals surface area contributed by atoms with Gasteiger partial charge in [-0.2, -0.15) is 0 Å². The molecule has 0 radical (unpaired) electrons. The Kier molecular flexibility index (Phi) is 3.23. The Labute approximate surface area is 107 Å². The largest absolute Gasteiger partial charge is 0.330 e. The van der Waals surface area contributed by atoms with Crippen molar-refractivity contribution in [3.63, 3.8) is 0 Å². The van der Waals surface area contributed by atoms with Crippen LogP contribution in [0.2, 0.25) is 0 Å². The fourth-order valence-corrected chi connectivity index (χ4v) is 5.59. The molecule has 1 heteroatoms. The molecule has 98 valence electrons. The summed E-state index contributed by atoms with van der Waals surface area (Å²) < 4.78 is 0. The minimum atomic E-state index is 0.879. The van der Waals surface area contributed by atoms with E-state index in [4.69, 9.17) is 5.73 Å². The van der Waals surface area contributed by atoms with Gasteiger partial charge in [0.05, 0.1) is 0 Å². The van der Waals surface area contributed by atoms with Crippen LogP contribution in [0.5, 0.6) is 0 Å². The predicted octanol–water partition coefficient (Wildman–Crippen LogP) is 3.68. The molecule has 6 unspecified atom stereocenters. The molecule has 6 atom stereocenters. The zero-order valence-corrected chi connectivity index (χ0v) is 11.6. The molecule has 2 N–H and O–H groups in total. The third kappa shape index (κ3) is 1.95. The number of hydrogen-bond donors (Lipinski definition) is 1.